The van der Waals surface area contributed by atoms with Gasteiger partial charge in [-0.3, -0.25) is 15.2 Å². The summed E-state index contributed by atoms with van der Waals surface area (Å²) in [6.45, 7) is 0. The number of hydrogen-bond donors (Lipinski definition) is 1. The van der Waals surface area contributed by atoms with E-state index in [0.29, 0.717) is 11.4 Å². The maximum Gasteiger partial charge on any atom is 0.270 e. The summed E-state index contributed by atoms with van der Waals surface area (Å²) in [5, 5.41) is 18.3. The van der Waals surface area contributed by atoms with E-state index in [1.165, 1.54) is 12.1 Å². The molecule has 0 aliphatic heterocycles. The highest BCUT2D eigenvalue weighted by Gasteiger charge is 2.09. The SMILES string of the molecule is O=[N+]([O-])c1ccc2n[nH]c(C=CCCCl)c2c1. The van der Waals surface area contributed by atoms with Crippen molar-refractivity contribution in [1.82, 2.24) is 10.2 Å². The van der Waals surface area contributed by atoms with Crippen LogP contribution in [0.4, 0.5) is 5.69 Å². The van der Waals surface area contributed by atoms with Crippen LogP contribution in [0.1, 0.15) is 12.1 Å². The molecule has 2 aromatic rings. The zero-order valence-electron chi connectivity index (χ0n) is 8.89. The number of hydrogen-bond acceptors (Lipinski definition) is 3. The Hall–Kier alpha value is -1.88. The summed E-state index contributed by atoms with van der Waals surface area (Å²) >= 11 is 5.56. The zero-order chi connectivity index (χ0) is 12.3. The Kier molecular flexibility index (Phi) is 3.39. The number of benzene rings is 1. The Morgan fingerprint density at radius 3 is 3.06 bits per heavy atom. The van der Waals surface area contributed by atoms with Crippen molar-refractivity contribution in [2.45, 2.75) is 6.42 Å². The Labute approximate surface area is 102 Å². The molecule has 1 heterocycles. The summed E-state index contributed by atoms with van der Waals surface area (Å²) in [5.41, 5.74) is 1.53. The van der Waals surface area contributed by atoms with Gasteiger partial charge in [0.25, 0.3) is 5.69 Å². The molecule has 0 fully saturated rings. The van der Waals surface area contributed by atoms with Crippen LogP contribution in [-0.4, -0.2) is 21.0 Å². The molecule has 17 heavy (non-hydrogen) atoms. The molecule has 0 aliphatic carbocycles. The highest BCUT2D eigenvalue weighted by Crippen LogP contribution is 2.22. The number of rotatable bonds is 4. The summed E-state index contributed by atoms with van der Waals surface area (Å²) < 4.78 is 0. The number of aromatic amines is 1. The third-order valence-corrected chi connectivity index (χ3v) is 2.56. The fourth-order valence-electron chi connectivity index (χ4n) is 1.52. The maximum atomic E-state index is 10.7. The Morgan fingerprint density at radius 2 is 2.35 bits per heavy atom. The number of fused-ring (bicyclic) bond motifs is 1. The molecule has 6 heteroatoms. The number of non-ortho nitro benzene ring substituents is 1. The van der Waals surface area contributed by atoms with Gasteiger partial charge in [0, 0.05) is 23.4 Å². The van der Waals surface area contributed by atoms with Gasteiger partial charge < -0.3 is 0 Å². The lowest BCUT2D eigenvalue weighted by Crippen LogP contribution is -1.86. The minimum atomic E-state index is -0.418. The van der Waals surface area contributed by atoms with Gasteiger partial charge in [0.1, 0.15) is 0 Å². The number of aromatic nitrogens is 2. The van der Waals surface area contributed by atoms with Gasteiger partial charge in [0.05, 0.1) is 16.1 Å². The van der Waals surface area contributed by atoms with Crippen molar-refractivity contribution < 1.29 is 4.92 Å². The molecule has 5 nitrogen and oxygen atoms in total. The Bertz CT molecular complexity index is 577. The van der Waals surface area contributed by atoms with Crippen LogP contribution in [0.3, 0.4) is 0 Å². The van der Waals surface area contributed by atoms with Crippen molar-refractivity contribution in [3.8, 4) is 0 Å². The topological polar surface area (TPSA) is 71.8 Å². The first kappa shape index (κ1) is 11.6. The second kappa shape index (κ2) is 4.97. The van der Waals surface area contributed by atoms with Crippen LogP contribution < -0.4 is 0 Å². The number of H-pyrrole nitrogens is 1. The Balaban J connectivity index is 2.43. The second-order valence-electron chi connectivity index (χ2n) is 3.48. The molecule has 1 aromatic heterocycles. The molecule has 1 aromatic carbocycles. The lowest BCUT2D eigenvalue weighted by molar-refractivity contribution is -0.384. The fourth-order valence-corrected chi connectivity index (χ4v) is 1.65. The molecule has 1 N–H and O–H groups in total. The molecule has 0 saturated heterocycles. The normalized spacial score (nSPS) is 11.4. The van der Waals surface area contributed by atoms with Gasteiger partial charge in [-0.25, -0.2) is 0 Å². The minimum Gasteiger partial charge on any atom is -0.277 e. The zero-order valence-corrected chi connectivity index (χ0v) is 9.65. The van der Waals surface area contributed by atoms with Gasteiger partial charge in [-0.2, -0.15) is 5.10 Å². The van der Waals surface area contributed by atoms with Crippen LogP contribution in [0.25, 0.3) is 17.0 Å². The van der Waals surface area contributed by atoms with E-state index in [4.69, 9.17) is 11.6 Å². The number of nitro groups is 1. The highest BCUT2D eigenvalue weighted by molar-refractivity contribution is 6.17. The molecular formula is C11H10ClN3O2. The van der Waals surface area contributed by atoms with E-state index in [1.807, 2.05) is 12.2 Å². The maximum absolute atomic E-state index is 10.7. The fraction of sp³-hybridized carbons (Fsp3) is 0.182. The number of nitro benzene ring substituents is 1. The summed E-state index contributed by atoms with van der Waals surface area (Å²) in [6.07, 6.45) is 4.48. The van der Waals surface area contributed by atoms with Crippen LogP contribution in [0, 0.1) is 10.1 Å². The van der Waals surface area contributed by atoms with E-state index >= 15 is 0 Å². The average molecular weight is 252 g/mol. The standard InChI is InChI=1S/C11H10ClN3O2/c12-6-2-1-3-10-9-7-8(15(16)17)4-5-11(9)14-13-10/h1,3-5,7H,2,6H2,(H,13,14). The monoisotopic (exact) mass is 251 g/mol. The van der Waals surface area contributed by atoms with Gasteiger partial charge >= 0.3 is 0 Å². The van der Waals surface area contributed by atoms with E-state index in [-0.39, 0.29) is 5.69 Å². The molecule has 2 rings (SSSR count). The van der Waals surface area contributed by atoms with Gasteiger partial charge in [-0.05, 0) is 18.6 Å². The molecule has 0 radical (unpaired) electrons. The second-order valence-corrected chi connectivity index (χ2v) is 3.85. The van der Waals surface area contributed by atoms with E-state index in [0.717, 1.165) is 17.5 Å². The van der Waals surface area contributed by atoms with Crippen molar-refractivity contribution in [3.05, 3.63) is 40.1 Å². The third-order valence-electron chi connectivity index (χ3n) is 2.34. The molecule has 0 spiro atoms. The van der Waals surface area contributed by atoms with Crippen molar-refractivity contribution >= 4 is 34.3 Å². The quantitative estimate of drug-likeness (QED) is 0.515. The number of halogens is 1. The molecule has 0 atom stereocenters. The lowest BCUT2D eigenvalue weighted by Gasteiger charge is -1.92. The lowest BCUT2D eigenvalue weighted by atomic mass is 10.2. The number of allylic oxidation sites excluding steroid dienone is 1. The first-order chi connectivity index (χ1) is 8.22. The Morgan fingerprint density at radius 1 is 1.53 bits per heavy atom. The van der Waals surface area contributed by atoms with Gasteiger partial charge in [0.2, 0.25) is 0 Å². The van der Waals surface area contributed by atoms with Gasteiger partial charge in [-0.1, -0.05) is 6.08 Å². The van der Waals surface area contributed by atoms with E-state index in [1.54, 1.807) is 6.07 Å². The largest absolute Gasteiger partial charge is 0.277 e. The highest BCUT2D eigenvalue weighted by atomic mass is 35.5. The minimum absolute atomic E-state index is 0.0610. The first-order valence-electron chi connectivity index (χ1n) is 5.07. The van der Waals surface area contributed by atoms with Crippen LogP contribution >= 0.6 is 11.6 Å². The van der Waals surface area contributed by atoms with Gasteiger partial charge in [0.15, 0.2) is 0 Å². The smallest absolute Gasteiger partial charge is 0.270 e. The van der Waals surface area contributed by atoms with Crippen molar-refractivity contribution in [2.75, 3.05) is 5.88 Å². The molecule has 0 saturated carbocycles. The van der Waals surface area contributed by atoms with E-state index < -0.39 is 4.92 Å². The number of nitrogens with one attached hydrogen (secondary N) is 1. The van der Waals surface area contributed by atoms with Crippen molar-refractivity contribution in [3.63, 3.8) is 0 Å². The average Bonchev–Trinajstić information content (AvgIpc) is 2.72. The molecule has 0 unspecified atom stereocenters. The van der Waals surface area contributed by atoms with Crippen LogP contribution in [0.5, 0.6) is 0 Å². The van der Waals surface area contributed by atoms with Gasteiger partial charge in [-0.15, -0.1) is 11.6 Å². The number of alkyl halides is 1. The summed E-state index contributed by atoms with van der Waals surface area (Å²) in [6, 6.07) is 4.58. The van der Waals surface area contributed by atoms with Crippen molar-refractivity contribution in [1.29, 1.82) is 0 Å². The first-order valence-corrected chi connectivity index (χ1v) is 5.61. The molecule has 88 valence electrons. The third kappa shape index (κ3) is 2.45. The predicted molar refractivity (Wildman–Crippen MR) is 67.1 cm³/mol. The molecular weight excluding hydrogens is 242 g/mol. The summed E-state index contributed by atoms with van der Waals surface area (Å²) in [7, 11) is 0. The van der Waals surface area contributed by atoms with Crippen LogP contribution in [0.2, 0.25) is 0 Å². The summed E-state index contributed by atoms with van der Waals surface area (Å²) in [5.74, 6) is 0.544. The van der Waals surface area contributed by atoms with Crippen molar-refractivity contribution in [2.24, 2.45) is 0 Å². The number of nitrogens with zero attached hydrogens (tertiary/aromatic N) is 2. The predicted octanol–water partition coefficient (Wildman–Crippen LogP) is 3.11. The molecule has 0 bridgehead atoms. The molecule has 0 amide bonds. The summed E-state index contributed by atoms with van der Waals surface area (Å²) in [4.78, 5) is 10.3. The van der Waals surface area contributed by atoms with E-state index in [9.17, 15) is 10.1 Å². The molecule has 0 aliphatic rings. The van der Waals surface area contributed by atoms with E-state index in [2.05, 4.69) is 10.2 Å². The van der Waals surface area contributed by atoms with Crippen LogP contribution in [0.15, 0.2) is 24.3 Å². The van der Waals surface area contributed by atoms with Crippen LogP contribution in [-0.2, 0) is 0 Å².